The summed E-state index contributed by atoms with van der Waals surface area (Å²) in [5, 5.41) is 11.9. The van der Waals surface area contributed by atoms with Gasteiger partial charge in [0.05, 0.1) is 6.21 Å². The average molecular weight is 273 g/mol. The first-order chi connectivity index (χ1) is 7.75. The fourth-order valence-corrected chi connectivity index (χ4v) is 1.16. The molecule has 0 radical (unpaired) electrons. The normalized spacial score (nSPS) is 10.2. The number of halogens is 2. The number of rotatable bonds is 3. The van der Waals surface area contributed by atoms with E-state index in [2.05, 4.69) is 20.7 Å². The van der Waals surface area contributed by atoms with Crippen LogP contribution in [-0.4, -0.2) is 21.1 Å². The zero-order chi connectivity index (χ0) is 11.4. The highest BCUT2D eigenvalue weighted by Gasteiger charge is 1.96. The molecule has 0 fully saturated rings. The summed E-state index contributed by atoms with van der Waals surface area (Å²) >= 11 is 5.75. The van der Waals surface area contributed by atoms with E-state index in [4.69, 9.17) is 17.4 Å². The molecule has 0 atom stereocenters. The molecule has 0 saturated carbocycles. The van der Waals surface area contributed by atoms with Crippen molar-refractivity contribution in [3.63, 3.8) is 0 Å². The smallest absolute Gasteiger partial charge is 0.263 e. The molecule has 2 aromatic rings. The molecule has 1 aromatic heterocycles. The second kappa shape index (κ2) is 6.07. The van der Waals surface area contributed by atoms with Gasteiger partial charge in [-0.3, -0.25) is 0 Å². The van der Waals surface area contributed by atoms with Gasteiger partial charge in [-0.2, -0.15) is 5.10 Å². The molecule has 2 rings (SSSR count). The number of nitrogen functional groups attached to an aromatic ring is 1. The zero-order valence-corrected chi connectivity index (χ0v) is 10.2. The fraction of sp³-hybridized carbons (Fsp3) is 0. The first kappa shape index (κ1) is 13.3. The van der Waals surface area contributed by atoms with E-state index in [1.165, 1.54) is 11.0 Å². The number of hydrogen-bond donors (Lipinski definition) is 2. The summed E-state index contributed by atoms with van der Waals surface area (Å²) in [4.78, 5) is 0. The van der Waals surface area contributed by atoms with Crippen molar-refractivity contribution in [2.75, 3.05) is 11.3 Å². The topological polar surface area (TPSA) is 81.1 Å². The third-order valence-corrected chi connectivity index (χ3v) is 2.07. The molecule has 90 valence electrons. The molecule has 6 nitrogen and oxygen atoms in total. The van der Waals surface area contributed by atoms with E-state index >= 15 is 0 Å². The minimum Gasteiger partial charge on any atom is -0.335 e. The van der Waals surface area contributed by atoms with Crippen LogP contribution in [0, 0.1) is 0 Å². The maximum Gasteiger partial charge on any atom is 0.263 e. The van der Waals surface area contributed by atoms with Gasteiger partial charge in [-0.15, -0.1) is 22.6 Å². The van der Waals surface area contributed by atoms with Crippen LogP contribution in [0.25, 0.3) is 0 Å². The van der Waals surface area contributed by atoms with E-state index in [1.807, 2.05) is 12.1 Å². The Hall–Kier alpha value is -1.79. The predicted molar refractivity (Wildman–Crippen MR) is 70.1 cm³/mol. The van der Waals surface area contributed by atoms with Crippen molar-refractivity contribution in [1.29, 1.82) is 0 Å². The molecule has 0 aliphatic carbocycles. The number of aromatic nitrogens is 3. The van der Waals surface area contributed by atoms with E-state index in [0.29, 0.717) is 11.0 Å². The first-order valence-electron chi connectivity index (χ1n) is 4.45. The average Bonchev–Trinajstić information content (AvgIpc) is 2.68. The molecule has 0 spiro atoms. The minimum atomic E-state index is 0. The lowest BCUT2D eigenvalue weighted by Crippen LogP contribution is -2.10. The van der Waals surface area contributed by atoms with Crippen LogP contribution in [-0.2, 0) is 0 Å². The van der Waals surface area contributed by atoms with Gasteiger partial charge in [0.15, 0.2) is 0 Å². The van der Waals surface area contributed by atoms with Gasteiger partial charge in [0.2, 0.25) is 0 Å². The van der Waals surface area contributed by atoms with Crippen LogP contribution in [0.2, 0.25) is 5.02 Å². The van der Waals surface area contributed by atoms with Crippen molar-refractivity contribution < 1.29 is 0 Å². The summed E-state index contributed by atoms with van der Waals surface area (Å²) in [7, 11) is 0. The van der Waals surface area contributed by atoms with Gasteiger partial charge in [-0.05, 0) is 17.7 Å². The Labute approximate surface area is 109 Å². The molecule has 0 amide bonds. The third kappa shape index (κ3) is 3.61. The molecule has 8 heteroatoms. The molecule has 0 bridgehead atoms. The van der Waals surface area contributed by atoms with Crippen LogP contribution in [0.3, 0.4) is 0 Å². The van der Waals surface area contributed by atoms with Gasteiger partial charge < -0.3 is 5.84 Å². The second-order valence-electron chi connectivity index (χ2n) is 2.98. The Balaban J connectivity index is 0.00000144. The lowest BCUT2D eigenvalue weighted by atomic mass is 10.2. The highest BCUT2D eigenvalue weighted by atomic mass is 35.5. The minimum absolute atomic E-state index is 0. The number of nitrogens with zero attached hydrogens (tertiary/aromatic N) is 4. The predicted octanol–water partition coefficient (Wildman–Crippen LogP) is 1.51. The Morgan fingerprint density at radius 2 is 2.06 bits per heavy atom. The van der Waals surface area contributed by atoms with E-state index in [1.54, 1.807) is 18.3 Å². The van der Waals surface area contributed by atoms with Crippen molar-refractivity contribution in [1.82, 2.24) is 14.9 Å². The molecule has 17 heavy (non-hydrogen) atoms. The summed E-state index contributed by atoms with van der Waals surface area (Å²) in [5.74, 6) is 5.84. The second-order valence-corrected chi connectivity index (χ2v) is 3.42. The summed E-state index contributed by atoms with van der Waals surface area (Å²) in [6, 6.07) is 7.27. The maximum atomic E-state index is 5.75. The molecular formula is C9H10Cl2N6. The lowest BCUT2D eigenvalue weighted by molar-refractivity contribution is 0.988. The summed E-state index contributed by atoms with van der Waals surface area (Å²) in [6.45, 7) is 0. The van der Waals surface area contributed by atoms with E-state index in [-0.39, 0.29) is 12.4 Å². The van der Waals surface area contributed by atoms with Crippen LogP contribution in [0.4, 0.5) is 5.95 Å². The molecule has 0 saturated heterocycles. The van der Waals surface area contributed by atoms with Crippen LogP contribution < -0.4 is 11.3 Å². The zero-order valence-electron chi connectivity index (χ0n) is 8.62. The quantitative estimate of drug-likeness (QED) is 0.504. The number of benzene rings is 1. The molecule has 0 aliphatic heterocycles. The first-order valence-corrected chi connectivity index (χ1v) is 4.83. The molecular weight excluding hydrogens is 263 g/mol. The highest BCUT2D eigenvalue weighted by molar-refractivity contribution is 6.30. The van der Waals surface area contributed by atoms with Crippen molar-refractivity contribution >= 4 is 36.2 Å². The standard InChI is InChI=1S/C9H9ClN6.ClH/c10-8-3-1-7(2-4-8)5-12-14-9-15-13-6-16(9)11;/h1-6H,11H2,(H,14,15);1H/b12-5+;. The SMILES string of the molecule is Cl.Nn1cnnc1N/N=C/c1ccc(Cl)cc1. The largest absolute Gasteiger partial charge is 0.335 e. The monoisotopic (exact) mass is 272 g/mol. The van der Waals surface area contributed by atoms with Crippen molar-refractivity contribution in [2.24, 2.45) is 5.10 Å². The van der Waals surface area contributed by atoms with Gasteiger partial charge in [0.25, 0.3) is 5.95 Å². The Morgan fingerprint density at radius 3 is 2.65 bits per heavy atom. The van der Waals surface area contributed by atoms with Gasteiger partial charge >= 0.3 is 0 Å². The Kier molecular flexibility index (Phi) is 4.74. The van der Waals surface area contributed by atoms with Crippen LogP contribution >= 0.6 is 24.0 Å². The number of hydrazone groups is 1. The highest BCUT2D eigenvalue weighted by Crippen LogP contribution is 2.07. The summed E-state index contributed by atoms with van der Waals surface area (Å²) in [5.41, 5.74) is 3.57. The van der Waals surface area contributed by atoms with E-state index < -0.39 is 0 Å². The maximum absolute atomic E-state index is 5.75. The van der Waals surface area contributed by atoms with E-state index in [0.717, 1.165) is 5.56 Å². The molecule has 1 heterocycles. The van der Waals surface area contributed by atoms with Crippen LogP contribution in [0.1, 0.15) is 5.56 Å². The Bertz CT molecular complexity index is 492. The fourth-order valence-electron chi connectivity index (χ4n) is 1.04. The number of anilines is 1. The van der Waals surface area contributed by atoms with E-state index in [9.17, 15) is 0 Å². The van der Waals surface area contributed by atoms with Crippen LogP contribution in [0.5, 0.6) is 0 Å². The van der Waals surface area contributed by atoms with Gasteiger partial charge in [0.1, 0.15) is 6.33 Å². The van der Waals surface area contributed by atoms with Gasteiger partial charge in [-0.1, -0.05) is 23.7 Å². The summed E-state index contributed by atoms with van der Waals surface area (Å²) < 4.78 is 1.24. The number of nitrogens with two attached hydrogens (primary N) is 1. The van der Waals surface area contributed by atoms with Crippen molar-refractivity contribution in [3.05, 3.63) is 41.2 Å². The molecule has 0 aliphatic rings. The summed E-state index contributed by atoms with van der Waals surface area (Å²) in [6.07, 6.45) is 3.01. The van der Waals surface area contributed by atoms with Gasteiger partial charge in [-0.25, -0.2) is 10.1 Å². The molecule has 3 N–H and O–H groups in total. The number of hydrogen-bond acceptors (Lipinski definition) is 5. The van der Waals surface area contributed by atoms with Crippen molar-refractivity contribution in [3.8, 4) is 0 Å². The number of nitrogens with one attached hydrogen (secondary N) is 1. The third-order valence-electron chi connectivity index (χ3n) is 1.82. The van der Waals surface area contributed by atoms with Crippen molar-refractivity contribution in [2.45, 2.75) is 0 Å². The Morgan fingerprint density at radius 1 is 1.35 bits per heavy atom. The molecule has 1 aromatic carbocycles. The molecule has 0 unspecified atom stereocenters. The van der Waals surface area contributed by atoms with Crippen LogP contribution in [0.15, 0.2) is 35.7 Å². The lowest BCUT2D eigenvalue weighted by Gasteiger charge is -1.97. The van der Waals surface area contributed by atoms with Gasteiger partial charge in [0, 0.05) is 5.02 Å².